The summed E-state index contributed by atoms with van der Waals surface area (Å²) in [4.78, 5) is 4.06. The number of aromatic hydroxyl groups is 1. The van der Waals surface area contributed by atoms with Crippen molar-refractivity contribution in [1.29, 1.82) is 0 Å². The predicted molar refractivity (Wildman–Crippen MR) is 95.2 cm³/mol. The van der Waals surface area contributed by atoms with E-state index in [0.717, 1.165) is 27.8 Å². The van der Waals surface area contributed by atoms with Crippen molar-refractivity contribution in [3.8, 4) is 5.75 Å². The molecule has 3 aromatic rings. The second kappa shape index (κ2) is 6.49. The van der Waals surface area contributed by atoms with Crippen molar-refractivity contribution < 1.29 is 5.11 Å². The molecule has 0 saturated carbocycles. The molecule has 0 aliphatic heterocycles. The lowest BCUT2D eigenvalue weighted by Gasteiger charge is -2.12. The van der Waals surface area contributed by atoms with Gasteiger partial charge >= 0.3 is 0 Å². The van der Waals surface area contributed by atoms with E-state index in [1.807, 2.05) is 31.2 Å². The Morgan fingerprint density at radius 2 is 1.52 bits per heavy atom. The molecule has 23 heavy (non-hydrogen) atoms. The molecular formula is C21H19NO. The van der Waals surface area contributed by atoms with Gasteiger partial charge in [-0.25, -0.2) is 0 Å². The zero-order valence-electron chi connectivity index (χ0n) is 13.3. The van der Waals surface area contributed by atoms with Gasteiger partial charge in [0.05, 0.1) is 0 Å². The third-order valence-corrected chi connectivity index (χ3v) is 3.82. The van der Waals surface area contributed by atoms with E-state index in [1.54, 1.807) is 18.5 Å². The van der Waals surface area contributed by atoms with Crippen LogP contribution in [-0.2, 0) is 0 Å². The van der Waals surface area contributed by atoms with E-state index in [4.69, 9.17) is 0 Å². The summed E-state index contributed by atoms with van der Waals surface area (Å²) in [6, 6.07) is 17.9. The fraction of sp³-hybridized carbons (Fsp3) is 0.0952. The topological polar surface area (TPSA) is 33.1 Å². The first-order valence-electron chi connectivity index (χ1n) is 7.62. The second-order valence-electron chi connectivity index (χ2n) is 5.73. The first-order chi connectivity index (χ1) is 11.1. The summed E-state index contributed by atoms with van der Waals surface area (Å²) in [7, 11) is 0. The lowest BCUT2D eigenvalue weighted by atomic mass is 9.93. The number of hydrogen-bond donors (Lipinski definition) is 1. The lowest BCUT2D eigenvalue weighted by Crippen LogP contribution is -1.91. The molecule has 0 spiro atoms. The van der Waals surface area contributed by atoms with Crippen LogP contribution in [0.15, 0.2) is 67.0 Å². The lowest BCUT2D eigenvalue weighted by molar-refractivity contribution is 0.473. The maximum Gasteiger partial charge on any atom is 0.123 e. The molecule has 0 aliphatic rings. The van der Waals surface area contributed by atoms with Crippen molar-refractivity contribution in [2.24, 2.45) is 0 Å². The van der Waals surface area contributed by atoms with Crippen LogP contribution >= 0.6 is 0 Å². The van der Waals surface area contributed by atoms with E-state index in [1.165, 1.54) is 5.56 Å². The maximum absolute atomic E-state index is 10.3. The quantitative estimate of drug-likeness (QED) is 0.739. The number of benzene rings is 2. The van der Waals surface area contributed by atoms with Gasteiger partial charge in [0.2, 0.25) is 0 Å². The molecule has 0 saturated heterocycles. The third kappa shape index (κ3) is 3.49. The smallest absolute Gasteiger partial charge is 0.123 e. The Morgan fingerprint density at radius 3 is 2.22 bits per heavy atom. The van der Waals surface area contributed by atoms with Gasteiger partial charge in [-0.05, 0) is 60.9 Å². The molecule has 1 N–H and O–H groups in total. The van der Waals surface area contributed by atoms with Crippen molar-refractivity contribution in [2.75, 3.05) is 0 Å². The fourth-order valence-electron chi connectivity index (χ4n) is 2.54. The molecule has 2 heteroatoms. The van der Waals surface area contributed by atoms with Gasteiger partial charge in [0.15, 0.2) is 0 Å². The van der Waals surface area contributed by atoms with E-state index in [-0.39, 0.29) is 5.75 Å². The minimum absolute atomic E-state index is 0.288. The Bertz CT molecular complexity index is 833. The van der Waals surface area contributed by atoms with E-state index in [2.05, 4.69) is 42.2 Å². The number of phenols is 1. The normalized spacial score (nSPS) is 11.5. The number of hydrogen-bond acceptors (Lipinski definition) is 2. The SMILES string of the molecule is Cc1ccc(/C(=C\c2ccncc2)c2cc(C)ccc2O)cc1. The Balaban J connectivity index is 2.19. The van der Waals surface area contributed by atoms with Crippen molar-refractivity contribution >= 4 is 11.6 Å². The van der Waals surface area contributed by atoms with Crippen molar-refractivity contribution in [2.45, 2.75) is 13.8 Å². The van der Waals surface area contributed by atoms with Gasteiger partial charge in [0.25, 0.3) is 0 Å². The van der Waals surface area contributed by atoms with Crippen LogP contribution in [0.1, 0.15) is 27.8 Å². The highest BCUT2D eigenvalue weighted by atomic mass is 16.3. The van der Waals surface area contributed by atoms with Crippen molar-refractivity contribution in [3.63, 3.8) is 0 Å². The van der Waals surface area contributed by atoms with E-state index in [9.17, 15) is 5.11 Å². The van der Waals surface area contributed by atoms with Crippen LogP contribution in [0, 0.1) is 13.8 Å². The summed E-state index contributed by atoms with van der Waals surface area (Å²) in [5.74, 6) is 0.288. The molecular weight excluding hydrogens is 282 g/mol. The van der Waals surface area contributed by atoms with Crippen LogP contribution in [0.2, 0.25) is 0 Å². The van der Waals surface area contributed by atoms with E-state index >= 15 is 0 Å². The monoisotopic (exact) mass is 301 g/mol. The van der Waals surface area contributed by atoms with E-state index < -0.39 is 0 Å². The summed E-state index contributed by atoms with van der Waals surface area (Å²) in [6.45, 7) is 4.10. The molecule has 1 aromatic heterocycles. The third-order valence-electron chi connectivity index (χ3n) is 3.82. The standard InChI is InChI=1S/C21H19NO/c1-15-3-6-18(7-4-15)19(14-17-9-11-22-12-10-17)20-13-16(2)5-8-21(20)23/h3-14,23H,1-2H3/b19-14+. The highest BCUT2D eigenvalue weighted by molar-refractivity contribution is 5.93. The van der Waals surface area contributed by atoms with Gasteiger partial charge in [-0.15, -0.1) is 0 Å². The van der Waals surface area contributed by atoms with Gasteiger partial charge in [0.1, 0.15) is 5.75 Å². The van der Waals surface area contributed by atoms with Crippen molar-refractivity contribution in [1.82, 2.24) is 4.98 Å². The minimum atomic E-state index is 0.288. The molecule has 0 amide bonds. The van der Waals surface area contributed by atoms with Gasteiger partial charge < -0.3 is 5.11 Å². The molecule has 114 valence electrons. The predicted octanol–water partition coefficient (Wildman–Crippen LogP) is 4.99. The van der Waals surface area contributed by atoms with Gasteiger partial charge in [-0.1, -0.05) is 41.5 Å². The number of aromatic nitrogens is 1. The zero-order valence-corrected chi connectivity index (χ0v) is 13.3. The van der Waals surface area contributed by atoms with Crippen LogP contribution in [0.4, 0.5) is 0 Å². The first-order valence-corrected chi connectivity index (χ1v) is 7.62. The molecule has 0 unspecified atom stereocenters. The summed E-state index contributed by atoms with van der Waals surface area (Å²) < 4.78 is 0. The number of rotatable bonds is 3. The molecule has 0 atom stereocenters. The van der Waals surface area contributed by atoms with Gasteiger partial charge in [-0.2, -0.15) is 0 Å². The van der Waals surface area contributed by atoms with E-state index in [0.29, 0.717) is 0 Å². The van der Waals surface area contributed by atoms with Crippen LogP contribution in [0.25, 0.3) is 11.6 Å². The highest BCUT2D eigenvalue weighted by Gasteiger charge is 2.10. The minimum Gasteiger partial charge on any atom is -0.507 e. The van der Waals surface area contributed by atoms with Gasteiger partial charge in [0, 0.05) is 18.0 Å². The fourth-order valence-corrected chi connectivity index (χ4v) is 2.54. The zero-order chi connectivity index (χ0) is 16.2. The molecule has 3 rings (SSSR count). The highest BCUT2D eigenvalue weighted by Crippen LogP contribution is 2.33. The van der Waals surface area contributed by atoms with Crippen LogP contribution in [-0.4, -0.2) is 10.1 Å². The van der Waals surface area contributed by atoms with Crippen LogP contribution in [0.3, 0.4) is 0 Å². The molecule has 0 fully saturated rings. The number of pyridine rings is 1. The average Bonchev–Trinajstić information content (AvgIpc) is 2.57. The molecule has 2 nitrogen and oxygen atoms in total. The summed E-state index contributed by atoms with van der Waals surface area (Å²) >= 11 is 0. The summed E-state index contributed by atoms with van der Waals surface area (Å²) in [5.41, 5.74) is 6.30. The summed E-state index contributed by atoms with van der Waals surface area (Å²) in [6.07, 6.45) is 5.63. The number of nitrogens with zero attached hydrogens (tertiary/aromatic N) is 1. The summed E-state index contributed by atoms with van der Waals surface area (Å²) in [5, 5.41) is 10.3. The molecule has 0 radical (unpaired) electrons. The van der Waals surface area contributed by atoms with Crippen molar-refractivity contribution in [3.05, 3.63) is 94.8 Å². The first kappa shape index (κ1) is 15.0. The Kier molecular flexibility index (Phi) is 4.24. The molecule has 1 heterocycles. The second-order valence-corrected chi connectivity index (χ2v) is 5.73. The maximum atomic E-state index is 10.3. The average molecular weight is 301 g/mol. The molecule has 0 aliphatic carbocycles. The number of phenolic OH excluding ortho intramolecular Hbond substituents is 1. The Hall–Kier alpha value is -2.87. The van der Waals surface area contributed by atoms with Crippen LogP contribution in [0.5, 0.6) is 5.75 Å². The Morgan fingerprint density at radius 1 is 0.870 bits per heavy atom. The van der Waals surface area contributed by atoms with Crippen LogP contribution < -0.4 is 0 Å². The molecule has 2 aromatic carbocycles. The number of aryl methyl sites for hydroxylation is 2. The Labute approximate surface area is 136 Å². The molecule has 0 bridgehead atoms. The largest absolute Gasteiger partial charge is 0.507 e. The van der Waals surface area contributed by atoms with Gasteiger partial charge in [-0.3, -0.25) is 4.98 Å².